The van der Waals surface area contributed by atoms with Crippen molar-refractivity contribution < 1.29 is 57.4 Å². The number of nitrogens with one attached hydrogen (secondary N) is 1. The molecule has 0 saturated carbocycles. The minimum Gasteiger partial charge on any atom is -0.458 e. The van der Waals surface area contributed by atoms with Crippen LogP contribution in [0.5, 0.6) is 0 Å². The lowest BCUT2D eigenvalue weighted by atomic mass is 9.77. The number of hydrogen-bond acceptors (Lipinski definition) is 13. The number of rotatable bonds is 9. The Morgan fingerprint density at radius 3 is 2.15 bits per heavy atom. The molecule has 2 N–H and O–H groups in total. The van der Waals surface area contributed by atoms with E-state index in [2.05, 4.69) is 5.32 Å². The summed E-state index contributed by atoms with van der Waals surface area (Å²) in [6.45, 7) is 19.9. The molecule has 14 nitrogen and oxygen atoms in total. The first-order valence-electron chi connectivity index (χ1n) is 19.5. The summed E-state index contributed by atoms with van der Waals surface area (Å²) in [5.41, 5.74) is -1.34. The van der Waals surface area contributed by atoms with Crippen LogP contribution in [-0.4, -0.2) is 135 Å². The second-order valence-electron chi connectivity index (χ2n) is 16.6. The summed E-state index contributed by atoms with van der Waals surface area (Å²) in [6.07, 6.45) is -3.53. The van der Waals surface area contributed by atoms with Crippen molar-refractivity contribution >= 4 is 17.8 Å². The highest BCUT2D eigenvalue weighted by molar-refractivity contribution is 5.79. The molecular formula is C40H70N2O12. The number of carbonyl (C=O) groups excluding carboxylic acids is 3. The maximum atomic E-state index is 14.2. The highest BCUT2D eigenvalue weighted by Gasteiger charge is 2.53. The summed E-state index contributed by atoms with van der Waals surface area (Å²) in [7, 11) is 6.91. The summed E-state index contributed by atoms with van der Waals surface area (Å²) in [5.74, 6) is -3.18. The van der Waals surface area contributed by atoms with E-state index >= 15 is 0 Å². The first kappa shape index (κ1) is 46.2. The maximum absolute atomic E-state index is 14.2. The number of likely N-dealkylation sites (N-methyl/N-ethyl adjacent to an activating group) is 1. The van der Waals surface area contributed by atoms with Gasteiger partial charge in [-0.3, -0.25) is 14.4 Å². The van der Waals surface area contributed by atoms with Crippen molar-refractivity contribution in [3.63, 3.8) is 0 Å². The second-order valence-corrected chi connectivity index (χ2v) is 16.6. The Bertz CT molecular complexity index is 1300. The molecule has 312 valence electrons. The van der Waals surface area contributed by atoms with E-state index in [-0.39, 0.29) is 36.9 Å². The molecule has 3 heterocycles. The molecule has 16 atom stereocenters. The Morgan fingerprint density at radius 2 is 1.59 bits per heavy atom. The number of esters is 2. The Hall–Kier alpha value is -2.17. The SMILES string of the molecule is CC[C@H]1OC(=O)[C@H](C)[C@@H](O[C@H]2C[C@@](C)(OC)[C@@H](OC(C)=O)[C@H](C)O2)[C@H](C)[C@@H](O[C@@H]2O[C@H](C)C[C@H](N(C)C)[C@H]2O)[C@](C)(OC)C[C@@H](C)C(=O)N[C@H](C)/C=C/1C. The number of nitrogens with zero attached hydrogens (tertiary/aromatic N) is 1. The fourth-order valence-electron chi connectivity index (χ4n) is 8.46. The fourth-order valence-corrected chi connectivity index (χ4v) is 8.46. The van der Waals surface area contributed by atoms with Gasteiger partial charge in [-0.15, -0.1) is 0 Å². The molecule has 2 saturated heterocycles. The van der Waals surface area contributed by atoms with Crippen LogP contribution in [0.3, 0.4) is 0 Å². The van der Waals surface area contributed by atoms with E-state index in [9.17, 15) is 19.5 Å². The van der Waals surface area contributed by atoms with Crippen LogP contribution in [0.25, 0.3) is 0 Å². The van der Waals surface area contributed by atoms with Crippen LogP contribution in [0.2, 0.25) is 0 Å². The molecule has 0 aromatic carbocycles. The average Bonchev–Trinajstić information content (AvgIpc) is 3.09. The van der Waals surface area contributed by atoms with E-state index in [0.717, 1.165) is 5.57 Å². The topological polar surface area (TPSA) is 161 Å². The van der Waals surface area contributed by atoms with Gasteiger partial charge in [-0.1, -0.05) is 26.8 Å². The molecule has 3 aliphatic heterocycles. The molecular weight excluding hydrogens is 700 g/mol. The van der Waals surface area contributed by atoms with Crippen LogP contribution in [-0.2, 0) is 52.3 Å². The van der Waals surface area contributed by atoms with Crippen LogP contribution in [0.4, 0.5) is 0 Å². The number of carbonyl (C=O) groups is 3. The van der Waals surface area contributed by atoms with E-state index < -0.39 is 90.1 Å². The summed E-state index contributed by atoms with van der Waals surface area (Å²) < 4.78 is 50.5. The molecule has 2 fully saturated rings. The molecule has 3 aliphatic rings. The predicted octanol–water partition coefficient (Wildman–Crippen LogP) is 4.14. The molecule has 1 amide bonds. The van der Waals surface area contributed by atoms with Gasteiger partial charge in [0.1, 0.15) is 17.8 Å². The monoisotopic (exact) mass is 770 g/mol. The predicted molar refractivity (Wildman–Crippen MR) is 201 cm³/mol. The summed E-state index contributed by atoms with van der Waals surface area (Å²) in [4.78, 5) is 41.9. The van der Waals surface area contributed by atoms with Gasteiger partial charge < -0.3 is 53.2 Å². The molecule has 54 heavy (non-hydrogen) atoms. The largest absolute Gasteiger partial charge is 0.458 e. The molecule has 0 radical (unpaired) electrons. The average molecular weight is 771 g/mol. The zero-order chi connectivity index (χ0) is 40.9. The van der Waals surface area contributed by atoms with E-state index in [1.165, 1.54) is 6.92 Å². The third-order valence-corrected chi connectivity index (χ3v) is 11.7. The molecule has 0 aromatic rings. The van der Waals surface area contributed by atoms with Gasteiger partial charge in [0, 0.05) is 51.5 Å². The summed E-state index contributed by atoms with van der Waals surface area (Å²) in [5, 5.41) is 14.7. The minimum atomic E-state index is -1.16. The number of aliphatic hydroxyl groups is 1. The molecule has 0 unspecified atom stereocenters. The van der Waals surface area contributed by atoms with E-state index in [1.807, 2.05) is 80.5 Å². The normalized spacial score (nSPS) is 44.3. The van der Waals surface area contributed by atoms with Crippen molar-refractivity contribution in [2.45, 2.75) is 180 Å². The quantitative estimate of drug-likeness (QED) is 0.255. The van der Waals surface area contributed by atoms with Crippen LogP contribution in [0.1, 0.15) is 102 Å². The van der Waals surface area contributed by atoms with Crippen LogP contribution in [0, 0.1) is 17.8 Å². The lowest BCUT2D eigenvalue weighted by Gasteiger charge is -2.49. The van der Waals surface area contributed by atoms with Gasteiger partial charge >= 0.3 is 11.9 Å². The van der Waals surface area contributed by atoms with Crippen molar-refractivity contribution in [2.24, 2.45) is 17.8 Å². The minimum absolute atomic E-state index is 0.171. The number of amides is 1. The van der Waals surface area contributed by atoms with E-state index in [1.54, 1.807) is 28.1 Å². The van der Waals surface area contributed by atoms with E-state index in [4.69, 9.17) is 37.9 Å². The third-order valence-electron chi connectivity index (χ3n) is 11.7. The van der Waals surface area contributed by atoms with Crippen molar-refractivity contribution in [3.05, 3.63) is 11.6 Å². The van der Waals surface area contributed by atoms with Crippen molar-refractivity contribution in [1.29, 1.82) is 0 Å². The standard InChI is InChI=1S/C40H70N2O12/c1-16-30-21(2)17-23(4)41-36(45)22(3)19-39(10,47-14)34(54-38-32(44)29(42(12)13)18-24(5)49-38)25(6)33(26(7)37(46)52-30)53-31-20-40(11,48-15)35(27(8)50-31)51-28(9)43/h17,22-27,29-35,38,44H,16,18-20H2,1-15H3,(H,41,45)/b21-17+/t22-,23-,24-,25+,26-,27+,29+,30-,31+,32-,33+,34-,35+,38+,39-,40-/m1/s1. The molecule has 0 spiro atoms. The third kappa shape index (κ3) is 11.0. The smallest absolute Gasteiger partial charge is 0.311 e. The highest BCUT2D eigenvalue weighted by Crippen LogP contribution is 2.41. The van der Waals surface area contributed by atoms with Crippen LogP contribution < -0.4 is 5.32 Å². The zero-order valence-electron chi connectivity index (χ0n) is 35.4. The number of ether oxygens (including phenoxy) is 8. The first-order chi connectivity index (χ1) is 25.1. The Morgan fingerprint density at radius 1 is 0.981 bits per heavy atom. The van der Waals surface area contributed by atoms with Crippen LogP contribution in [0.15, 0.2) is 11.6 Å². The second kappa shape index (κ2) is 19.3. The number of cyclic esters (lactones) is 1. The highest BCUT2D eigenvalue weighted by atomic mass is 16.7. The van der Waals surface area contributed by atoms with Gasteiger partial charge in [-0.2, -0.15) is 0 Å². The van der Waals surface area contributed by atoms with Gasteiger partial charge in [0.15, 0.2) is 18.7 Å². The van der Waals surface area contributed by atoms with E-state index in [0.29, 0.717) is 12.8 Å². The molecule has 3 rings (SSSR count). The van der Waals surface area contributed by atoms with Gasteiger partial charge in [0.2, 0.25) is 5.91 Å². The van der Waals surface area contributed by atoms with Crippen LogP contribution >= 0.6 is 0 Å². The molecule has 0 aromatic heterocycles. The maximum Gasteiger partial charge on any atom is 0.311 e. The lowest BCUT2D eigenvalue weighted by molar-refractivity contribution is -0.319. The fraction of sp³-hybridized carbons (Fsp3) is 0.875. The Kier molecular flexibility index (Phi) is 16.5. The molecule has 0 bridgehead atoms. The van der Waals surface area contributed by atoms with Crippen molar-refractivity contribution in [3.8, 4) is 0 Å². The van der Waals surface area contributed by atoms with Gasteiger partial charge in [-0.05, 0) is 87.4 Å². The molecule has 0 aliphatic carbocycles. The summed E-state index contributed by atoms with van der Waals surface area (Å²) in [6, 6.07) is -0.592. The number of aliphatic hydroxyl groups excluding tert-OH is 1. The Balaban J connectivity index is 2.20. The lowest BCUT2D eigenvalue weighted by Crippen LogP contribution is -2.61. The first-order valence-corrected chi connectivity index (χ1v) is 19.5. The van der Waals surface area contributed by atoms with Gasteiger partial charge in [0.25, 0.3) is 0 Å². The number of methoxy groups -OCH3 is 2. The van der Waals surface area contributed by atoms with Crippen molar-refractivity contribution in [1.82, 2.24) is 10.2 Å². The van der Waals surface area contributed by atoms with Gasteiger partial charge in [-0.25, -0.2) is 0 Å². The number of hydrogen-bond donors (Lipinski definition) is 2. The molecule has 14 heteroatoms. The summed E-state index contributed by atoms with van der Waals surface area (Å²) >= 11 is 0. The van der Waals surface area contributed by atoms with Crippen molar-refractivity contribution in [2.75, 3.05) is 28.3 Å². The zero-order valence-corrected chi connectivity index (χ0v) is 35.4. The van der Waals surface area contributed by atoms with Gasteiger partial charge in [0.05, 0.1) is 35.9 Å². The Labute approximate surface area is 323 Å².